The molecule has 2 aromatic heterocycles. The van der Waals surface area contributed by atoms with E-state index in [9.17, 15) is 4.79 Å². The third kappa shape index (κ3) is 2.90. The lowest BCUT2D eigenvalue weighted by Crippen LogP contribution is -2.49. The molecule has 1 fully saturated rings. The molecule has 3 rings (SSSR count). The Bertz CT molecular complexity index is 635. The van der Waals surface area contributed by atoms with Gasteiger partial charge in [-0.05, 0) is 22.0 Å². The van der Waals surface area contributed by atoms with E-state index in [0.717, 1.165) is 17.6 Å². The van der Waals surface area contributed by atoms with Crippen LogP contribution in [0.2, 0.25) is 0 Å². The minimum Gasteiger partial charge on any atom is -0.337 e. The molecule has 3 heterocycles. The van der Waals surface area contributed by atoms with Crippen molar-refractivity contribution in [2.24, 2.45) is 7.05 Å². The fourth-order valence-electron chi connectivity index (χ4n) is 2.32. The molecule has 0 unspecified atom stereocenters. The van der Waals surface area contributed by atoms with E-state index in [1.807, 2.05) is 4.90 Å². The second kappa shape index (κ2) is 5.80. The maximum Gasteiger partial charge on any atom is 0.275 e. The predicted molar refractivity (Wildman–Crippen MR) is 81.1 cm³/mol. The largest absolute Gasteiger partial charge is 0.337 e. The van der Waals surface area contributed by atoms with Crippen LogP contribution in [0.3, 0.4) is 0 Å². The smallest absolute Gasteiger partial charge is 0.275 e. The molecule has 0 aromatic carbocycles. The molecule has 1 amide bonds. The Morgan fingerprint density at radius 2 is 1.86 bits per heavy atom. The van der Waals surface area contributed by atoms with Gasteiger partial charge in [0, 0.05) is 51.8 Å². The molecule has 8 heteroatoms. The fourth-order valence-corrected chi connectivity index (χ4v) is 2.86. The highest BCUT2D eigenvalue weighted by atomic mass is 79.9. The Labute approximate surface area is 130 Å². The minimum atomic E-state index is -0.0453. The molecule has 2 aromatic rings. The van der Waals surface area contributed by atoms with Crippen molar-refractivity contribution in [2.45, 2.75) is 0 Å². The lowest BCUT2D eigenvalue weighted by Gasteiger charge is -2.34. The molecule has 0 atom stereocenters. The summed E-state index contributed by atoms with van der Waals surface area (Å²) in [5.74, 6) is 0.666. The Kier molecular flexibility index (Phi) is 3.87. The molecule has 0 aliphatic carbocycles. The average molecular weight is 351 g/mol. The van der Waals surface area contributed by atoms with Gasteiger partial charge < -0.3 is 9.80 Å². The van der Waals surface area contributed by atoms with Crippen LogP contribution in [0.4, 0.5) is 5.95 Å². The van der Waals surface area contributed by atoms with Crippen LogP contribution in [0, 0.1) is 0 Å². The number of hydrogen-bond donors (Lipinski definition) is 0. The zero-order valence-corrected chi connectivity index (χ0v) is 13.2. The number of anilines is 1. The Morgan fingerprint density at radius 3 is 2.43 bits per heavy atom. The number of aryl methyl sites for hydroxylation is 1. The van der Waals surface area contributed by atoms with Gasteiger partial charge >= 0.3 is 0 Å². The lowest BCUT2D eigenvalue weighted by atomic mass is 10.3. The van der Waals surface area contributed by atoms with Crippen LogP contribution < -0.4 is 4.90 Å². The van der Waals surface area contributed by atoms with E-state index in [4.69, 9.17) is 0 Å². The third-order valence-electron chi connectivity index (χ3n) is 3.39. The summed E-state index contributed by atoms with van der Waals surface area (Å²) in [6.45, 7) is 2.72. The minimum absolute atomic E-state index is 0.0453. The van der Waals surface area contributed by atoms with Crippen LogP contribution >= 0.6 is 15.9 Å². The first kappa shape index (κ1) is 14.0. The van der Waals surface area contributed by atoms with E-state index < -0.39 is 0 Å². The summed E-state index contributed by atoms with van der Waals surface area (Å²) in [6, 6.07) is 1.79. The zero-order valence-electron chi connectivity index (χ0n) is 11.6. The van der Waals surface area contributed by atoms with Gasteiger partial charge in [0.2, 0.25) is 5.95 Å². The van der Waals surface area contributed by atoms with Gasteiger partial charge in [0.05, 0.1) is 4.47 Å². The second-order valence-electron chi connectivity index (χ2n) is 4.83. The van der Waals surface area contributed by atoms with Crippen molar-refractivity contribution in [3.05, 3.63) is 34.8 Å². The molecule has 1 aliphatic rings. The van der Waals surface area contributed by atoms with Crippen molar-refractivity contribution in [2.75, 3.05) is 31.1 Å². The van der Waals surface area contributed by atoms with Gasteiger partial charge in [-0.15, -0.1) is 0 Å². The molecule has 0 spiro atoms. The van der Waals surface area contributed by atoms with E-state index >= 15 is 0 Å². The number of carbonyl (C=O) groups is 1. The average Bonchev–Trinajstić information content (AvgIpc) is 2.86. The lowest BCUT2D eigenvalue weighted by molar-refractivity contribution is 0.0738. The van der Waals surface area contributed by atoms with Crippen molar-refractivity contribution in [3.8, 4) is 0 Å². The summed E-state index contributed by atoms with van der Waals surface area (Å²) in [5, 5.41) is 4.20. The number of hydrogen-bond acceptors (Lipinski definition) is 5. The van der Waals surface area contributed by atoms with Crippen LogP contribution in [-0.4, -0.2) is 56.7 Å². The number of nitrogens with zero attached hydrogens (tertiary/aromatic N) is 6. The summed E-state index contributed by atoms with van der Waals surface area (Å²) in [7, 11) is 1.80. The zero-order chi connectivity index (χ0) is 14.8. The topological polar surface area (TPSA) is 67.2 Å². The Balaban J connectivity index is 1.66. The van der Waals surface area contributed by atoms with Gasteiger partial charge in [0.1, 0.15) is 0 Å². The SMILES string of the molecule is Cn1cc(Br)c(C(=O)N2CCN(c3ncccn3)CC2)n1. The van der Waals surface area contributed by atoms with E-state index in [0.29, 0.717) is 24.7 Å². The first-order chi connectivity index (χ1) is 10.1. The molecule has 0 radical (unpaired) electrons. The summed E-state index contributed by atoms with van der Waals surface area (Å²) in [4.78, 5) is 24.8. The van der Waals surface area contributed by atoms with E-state index in [1.54, 1.807) is 36.4 Å². The third-order valence-corrected chi connectivity index (χ3v) is 3.97. The monoisotopic (exact) mass is 350 g/mol. The highest BCUT2D eigenvalue weighted by molar-refractivity contribution is 9.10. The maximum absolute atomic E-state index is 12.4. The highest BCUT2D eigenvalue weighted by Crippen LogP contribution is 2.18. The first-order valence-electron chi connectivity index (χ1n) is 6.65. The van der Waals surface area contributed by atoms with E-state index in [1.165, 1.54) is 0 Å². The second-order valence-corrected chi connectivity index (χ2v) is 5.68. The quantitative estimate of drug-likeness (QED) is 0.806. The number of amides is 1. The normalized spacial score (nSPS) is 15.3. The summed E-state index contributed by atoms with van der Waals surface area (Å²) in [6.07, 6.45) is 5.23. The van der Waals surface area contributed by atoms with E-state index in [2.05, 4.69) is 35.9 Å². The van der Waals surface area contributed by atoms with Crippen LogP contribution in [0.1, 0.15) is 10.5 Å². The van der Waals surface area contributed by atoms with Crippen LogP contribution in [0.25, 0.3) is 0 Å². The molecule has 0 saturated carbocycles. The number of aromatic nitrogens is 4. The number of rotatable bonds is 2. The van der Waals surface area contributed by atoms with Gasteiger partial charge in [0.25, 0.3) is 5.91 Å². The molecule has 7 nitrogen and oxygen atoms in total. The van der Waals surface area contributed by atoms with Crippen molar-refractivity contribution >= 4 is 27.8 Å². The van der Waals surface area contributed by atoms with Crippen molar-refractivity contribution in [1.29, 1.82) is 0 Å². The van der Waals surface area contributed by atoms with Crippen LogP contribution in [-0.2, 0) is 7.05 Å². The predicted octanol–water partition coefficient (Wildman–Crippen LogP) is 0.935. The van der Waals surface area contributed by atoms with Gasteiger partial charge in [-0.2, -0.15) is 5.10 Å². The summed E-state index contributed by atoms with van der Waals surface area (Å²) < 4.78 is 2.36. The Morgan fingerprint density at radius 1 is 1.19 bits per heavy atom. The van der Waals surface area contributed by atoms with Crippen molar-refractivity contribution in [1.82, 2.24) is 24.6 Å². The van der Waals surface area contributed by atoms with Crippen molar-refractivity contribution in [3.63, 3.8) is 0 Å². The van der Waals surface area contributed by atoms with Gasteiger partial charge in [-0.1, -0.05) is 0 Å². The molecule has 110 valence electrons. The molecule has 21 heavy (non-hydrogen) atoms. The molecule has 1 saturated heterocycles. The Hall–Kier alpha value is -1.96. The van der Waals surface area contributed by atoms with Gasteiger partial charge in [-0.3, -0.25) is 9.48 Å². The summed E-state index contributed by atoms with van der Waals surface area (Å²) in [5.41, 5.74) is 0.460. The first-order valence-corrected chi connectivity index (χ1v) is 7.45. The van der Waals surface area contributed by atoms with Crippen LogP contribution in [0.5, 0.6) is 0 Å². The standard InChI is InChI=1S/C13H15BrN6O/c1-18-9-10(14)11(17-18)12(21)19-5-7-20(8-6-19)13-15-3-2-4-16-13/h2-4,9H,5-8H2,1H3. The maximum atomic E-state index is 12.4. The van der Waals surface area contributed by atoms with Gasteiger partial charge in [0.15, 0.2) is 5.69 Å². The molecule has 0 bridgehead atoms. The number of carbonyl (C=O) groups excluding carboxylic acids is 1. The molecular weight excluding hydrogens is 336 g/mol. The van der Waals surface area contributed by atoms with E-state index in [-0.39, 0.29) is 5.91 Å². The molecule has 0 N–H and O–H groups in total. The molecular formula is C13H15BrN6O. The van der Waals surface area contributed by atoms with Gasteiger partial charge in [-0.25, -0.2) is 9.97 Å². The molecule has 1 aliphatic heterocycles. The number of piperazine rings is 1. The number of halogens is 1. The highest BCUT2D eigenvalue weighted by Gasteiger charge is 2.26. The summed E-state index contributed by atoms with van der Waals surface area (Å²) >= 11 is 3.37. The van der Waals surface area contributed by atoms with Crippen LogP contribution in [0.15, 0.2) is 29.1 Å². The van der Waals surface area contributed by atoms with Crippen molar-refractivity contribution < 1.29 is 4.79 Å². The fraction of sp³-hybridized carbons (Fsp3) is 0.385.